The summed E-state index contributed by atoms with van der Waals surface area (Å²) in [6, 6.07) is 20.0. The number of amides is 2. The molecule has 4 heterocycles. The molecule has 190 valence electrons. The van der Waals surface area contributed by atoms with Gasteiger partial charge in [-0.25, -0.2) is 9.78 Å². The molecule has 0 bridgehead atoms. The molecular formula is C30H33N5O2. The Hall–Kier alpha value is -3.71. The Bertz CT molecular complexity index is 1490. The molecule has 2 fully saturated rings. The normalized spacial score (nSPS) is 18.8. The van der Waals surface area contributed by atoms with Crippen LogP contribution in [0, 0.1) is 6.92 Å². The number of rotatable bonds is 3. The van der Waals surface area contributed by atoms with Crippen LogP contribution in [0.4, 0.5) is 10.6 Å². The fourth-order valence-electron chi connectivity index (χ4n) is 6.10. The van der Waals surface area contributed by atoms with E-state index in [4.69, 9.17) is 4.98 Å². The zero-order valence-corrected chi connectivity index (χ0v) is 21.3. The molecule has 0 spiro atoms. The van der Waals surface area contributed by atoms with E-state index in [2.05, 4.69) is 30.4 Å². The van der Waals surface area contributed by atoms with Crippen molar-refractivity contribution in [2.75, 3.05) is 31.1 Å². The number of urea groups is 1. The third-order valence-corrected chi connectivity index (χ3v) is 7.99. The fraction of sp³-hybridized carbons (Fsp3) is 0.367. The smallest absolute Gasteiger partial charge is 0.324 e. The maximum Gasteiger partial charge on any atom is 0.325 e. The Morgan fingerprint density at radius 2 is 1.78 bits per heavy atom. The van der Waals surface area contributed by atoms with Gasteiger partial charge in [-0.2, -0.15) is 0 Å². The minimum atomic E-state index is 0.0145. The van der Waals surface area contributed by atoms with Gasteiger partial charge in [-0.15, -0.1) is 0 Å². The summed E-state index contributed by atoms with van der Waals surface area (Å²) in [5, 5.41) is 6.68. The number of anilines is 1. The van der Waals surface area contributed by atoms with Crippen LogP contribution in [-0.2, 0) is 0 Å². The average Bonchev–Trinajstić information content (AvgIpc) is 2.94. The standard InChI is InChI=1S/C30H33N5O2/c1-21-6-4-8-23-13-17-32-29(28(21)23)35(25-9-5-16-31-20-25)30(37)33-18-14-24(15-19-33)34-26-10-3-2-7-22(26)11-12-27(34)36/h2-4,6-8,10-13,17,24-25,31H,5,9,14-16,18-20H2,1H3/t25-/m1/s1. The quantitative estimate of drug-likeness (QED) is 0.440. The number of fused-ring (bicyclic) bond motifs is 2. The lowest BCUT2D eigenvalue weighted by Crippen LogP contribution is -2.55. The van der Waals surface area contributed by atoms with Crippen molar-refractivity contribution in [3.63, 3.8) is 0 Å². The van der Waals surface area contributed by atoms with E-state index in [1.165, 1.54) is 0 Å². The highest BCUT2D eigenvalue weighted by Gasteiger charge is 2.34. The van der Waals surface area contributed by atoms with Gasteiger partial charge in [0, 0.05) is 43.3 Å². The number of hydrogen-bond acceptors (Lipinski definition) is 4. The van der Waals surface area contributed by atoms with Gasteiger partial charge in [0.1, 0.15) is 5.82 Å². The topological polar surface area (TPSA) is 70.5 Å². The molecule has 2 aliphatic heterocycles. The molecule has 2 aromatic heterocycles. The van der Waals surface area contributed by atoms with Gasteiger partial charge in [-0.3, -0.25) is 9.69 Å². The molecule has 2 aromatic carbocycles. The first-order chi connectivity index (χ1) is 18.1. The van der Waals surface area contributed by atoms with E-state index in [1.807, 2.05) is 57.0 Å². The molecule has 0 radical (unpaired) electrons. The Morgan fingerprint density at radius 1 is 0.973 bits per heavy atom. The Labute approximate surface area is 216 Å². The molecule has 6 rings (SSSR count). The van der Waals surface area contributed by atoms with Gasteiger partial charge in [-0.1, -0.05) is 36.4 Å². The molecule has 7 nitrogen and oxygen atoms in total. The van der Waals surface area contributed by atoms with Gasteiger partial charge in [0.05, 0.1) is 11.6 Å². The highest BCUT2D eigenvalue weighted by molar-refractivity contribution is 6.03. The molecule has 37 heavy (non-hydrogen) atoms. The number of benzene rings is 2. The fourth-order valence-corrected chi connectivity index (χ4v) is 6.10. The lowest BCUT2D eigenvalue weighted by molar-refractivity contribution is 0.174. The van der Waals surface area contributed by atoms with Crippen LogP contribution in [0.1, 0.15) is 37.3 Å². The molecule has 1 atom stereocenters. The number of piperidine rings is 2. The van der Waals surface area contributed by atoms with Gasteiger partial charge < -0.3 is 14.8 Å². The third-order valence-electron chi connectivity index (χ3n) is 7.99. The van der Waals surface area contributed by atoms with E-state index in [-0.39, 0.29) is 23.7 Å². The van der Waals surface area contributed by atoms with Crippen LogP contribution >= 0.6 is 0 Å². The summed E-state index contributed by atoms with van der Waals surface area (Å²) in [6.45, 7) is 5.05. The zero-order chi connectivity index (χ0) is 25.4. The van der Waals surface area contributed by atoms with Crippen molar-refractivity contribution in [2.24, 2.45) is 0 Å². The number of aromatic nitrogens is 2. The first-order valence-corrected chi connectivity index (χ1v) is 13.4. The number of likely N-dealkylation sites (tertiary alicyclic amines) is 1. The van der Waals surface area contributed by atoms with Crippen molar-refractivity contribution >= 4 is 33.5 Å². The summed E-state index contributed by atoms with van der Waals surface area (Å²) in [7, 11) is 0. The molecule has 0 aliphatic carbocycles. The number of aryl methyl sites for hydroxylation is 1. The molecule has 2 amide bonds. The first kappa shape index (κ1) is 23.7. The Morgan fingerprint density at radius 3 is 2.59 bits per heavy atom. The number of carbonyl (C=O) groups is 1. The number of hydrogen-bond donors (Lipinski definition) is 1. The Balaban J connectivity index is 1.30. The maximum absolute atomic E-state index is 14.2. The van der Waals surface area contributed by atoms with Crippen LogP contribution in [0.25, 0.3) is 21.7 Å². The molecule has 2 aliphatic rings. The second kappa shape index (κ2) is 9.98. The molecule has 0 saturated carbocycles. The van der Waals surface area contributed by atoms with Crippen molar-refractivity contribution in [3.05, 3.63) is 82.8 Å². The lowest BCUT2D eigenvalue weighted by atomic mass is 10.0. The first-order valence-electron chi connectivity index (χ1n) is 13.4. The van der Waals surface area contributed by atoms with Crippen LogP contribution in [-0.4, -0.2) is 52.7 Å². The summed E-state index contributed by atoms with van der Waals surface area (Å²) in [6.07, 6.45) is 5.29. The van der Waals surface area contributed by atoms with Crippen molar-refractivity contribution in [3.8, 4) is 0 Å². The van der Waals surface area contributed by atoms with Crippen molar-refractivity contribution in [1.29, 1.82) is 0 Å². The molecular weight excluding hydrogens is 462 g/mol. The number of para-hydroxylation sites is 1. The van der Waals surface area contributed by atoms with Crippen molar-refractivity contribution < 1.29 is 4.79 Å². The average molecular weight is 496 g/mol. The highest BCUT2D eigenvalue weighted by atomic mass is 16.2. The third kappa shape index (κ3) is 4.37. The molecule has 2 saturated heterocycles. The van der Waals surface area contributed by atoms with Gasteiger partial charge in [0.25, 0.3) is 5.56 Å². The van der Waals surface area contributed by atoms with Gasteiger partial charge in [-0.05, 0) is 73.7 Å². The predicted molar refractivity (Wildman–Crippen MR) is 148 cm³/mol. The van der Waals surface area contributed by atoms with E-state index in [0.717, 1.165) is 71.8 Å². The monoisotopic (exact) mass is 495 g/mol. The largest absolute Gasteiger partial charge is 0.325 e. The van der Waals surface area contributed by atoms with Crippen LogP contribution in [0.5, 0.6) is 0 Å². The lowest BCUT2D eigenvalue weighted by Gasteiger charge is -2.40. The summed E-state index contributed by atoms with van der Waals surface area (Å²) in [4.78, 5) is 35.7. The zero-order valence-electron chi connectivity index (χ0n) is 21.3. The second-order valence-electron chi connectivity index (χ2n) is 10.3. The summed E-state index contributed by atoms with van der Waals surface area (Å²) in [5.74, 6) is 0.752. The van der Waals surface area contributed by atoms with E-state index < -0.39 is 0 Å². The van der Waals surface area contributed by atoms with Gasteiger partial charge in [0.2, 0.25) is 0 Å². The summed E-state index contributed by atoms with van der Waals surface area (Å²) in [5.41, 5.74) is 2.11. The molecule has 0 unspecified atom stereocenters. The molecule has 7 heteroatoms. The van der Waals surface area contributed by atoms with E-state index >= 15 is 0 Å². The molecule has 4 aromatic rings. The molecule has 1 N–H and O–H groups in total. The van der Waals surface area contributed by atoms with E-state index in [9.17, 15) is 9.59 Å². The van der Waals surface area contributed by atoms with Crippen LogP contribution in [0.3, 0.4) is 0 Å². The number of nitrogens with one attached hydrogen (secondary N) is 1. The minimum absolute atomic E-state index is 0.0145. The van der Waals surface area contributed by atoms with Gasteiger partial charge in [0.15, 0.2) is 0 Å². The number of nitrogens with zero attached hydrogens (tertiary/aromatic N) is 4. The SMILES string of the molecule is Cc1cccc2ccnc(N(C(=O)N3CCC(n4c(=O)ccc5ccccc54)CC3)[C@@H]3CCCNC3)c12. The van der Waals surface area contributed by atoms with Crippen molar-refractivity contribution in [1.82, 2.24) is 19.8 Å². The Kier molecular flexibility index (Phi) is 6.38. The van der Waals surface area contributed by atoms with E-state index in [1.54, 1.807) is 6.07 Å². The van der Waals surface area contributed by atoms with E-state index in [0.29, 0.717) is 13.1 Å². The minimum Gasteiger partial charge on any atom is -0.324 e. The predicted octanol–water partition coefficient (Wildman–Crippen LogP) is 4.87. The second-order valence-corrected chi connectivity index (χ2v) is 10.3. The summed E-state index contributed by atoms with van der Waals surface area (Å²) >= 11 is 0. The number of pyridine rings is 2. The van der Waals surface area contributed by atoms with Gasteiger partial charge >= 0.3 is 6.03 Å². The van der Waals surface area contributed by atoms with Crippen LogP contribution in [0.2, 0.25) is 0 Å². The van der Waals surface area contributed by atoms with Crippen LogP contribution in [0.15, 0.2) is 71.7 Å². The maximum atomic E-state index is 14.2. The number of carbonyl (C=O) groups excluding carboxylic acids is 1. The van der Waals surface area contributed by atoms with Crippen LogP contribution < -0.4 is 15.8 Å². The van der Waals surface area contributed by atoms with Crippen molar-refractivity contribution in [2.45, 2.75) is 44.7 Å². The highest BCUT2D eigenvalue weighted by Crippen LogP contribution is 2.32. The summed E-state index contributed by atoms with van der Waals surface area (Å²) < 4.78 is 1.93.